The van der Waals surface area contributed by atoms with E-state index in [9.17, 15) is 9.59 Å². The van der Waals surface area contributed by atoms with Crippen molar-refractivity contribution in [2.45, 2.75) is 32.6 Å². The van der Waals surface area contributed by atoms with Crippen LogP contribution < -0.4 is 10.6 Å². The predicted octanol–water partition coefficient (Wildman–Crippen LogP) is 4.82. The van der Waals surface area contributed by atoms with Crippen molar-refractivity contribution in [2.24, 2.45) is 0 Å². The molecular weight excluding hydrogens is 410 g/mol. The number of likely N-dealkylation sites (tertiary alicyclic amines) is 1. The van der Waals surface area contributed by atoms with Gasteiger partial charge >= 0.3 is 6.03 Å². The van der Waals surface area contributed by atoms with Gasteiger partial charge in [-0.1, -0.05) is 47.2 Å². The average Bonchev–Trinajstić information content (AvgIpc) is 3.28. The Kier molecular flexibility index (Phi) is 6.27. The van der Waals surface area contributed by atoms with Gasteiger partial charge in [-0.15, -0.1) is 10.2 Å². The molecule has 3 aromatic rings. The Morgan fingerprint density at radius 1 is 1.03 bits per heavy atom. The standard InChI is InChI=1S/C23H25N5O2S/c1-15-9-11-18(12-10-15)24-23(30)28-13-5-7-17(14-28)21-26-27-22(31-21)20(29)25-19-8-4-3-6-16(19)2/h3-4,6,8-12,17H,5,7,13-14H2,1-2H3,(H,24,30)(H,25,29)/t17-/m0/s1. The summed E-state index contributed by atoms with van der Waals surface area (Å²) in [6.45, 7) is 5.22. The second-order valence-electron chi connectivity index (χ2n) is 7.80. The first kappa shape index (κ1) is 21.0. The van der Waals surface area contributed by atoms with E-state index in [0.717, 1.165) is 40.4 Å². The van der Waals surface area contributed by atoms with E-state index in [1.807, 2.05) is 67.3 Å². The van der Waals surface area contributed by atoms with Crippen molar-refractivity contribution in [3.05, 3.63) is 69.7 Å². The van der Waals surface area contributed by atoms with E-state index in [2.05, 4.69) is 20.8 Å². The summed E-state index contributed by atoms with van der Waals surface area (Å²) in [5, 5.41) is 15.3. The number of hydrogen-bond donors (Lipinski definition) is 2. The summed E-state index contributed by atoms with van der Waals surface area (Å²) in [6, 6.07) is 15.2. The Morgan fingerprint density at radius 3 is 2.58 bits per heavy atom. The fourth-order valence-electron chi connectivity index (χ4n) is 3.58. The number of nitrogens with one attached hydrogen (secondary N) is 2. The molecule has 160 valence electrons. The molecule has 0 bridgehead atoms. The first-order valence-corrected chi connectivity index (χ1v) is 11.1. The van der Waals surface area contributed by atoms with Crippen molar-refractivity contribution >= 4 is 34.6 Å². The van der Waals surface area contributed by atoms with Crippen LogP contribution in [-0.4, -0.2) is 40.1 Å². The zero-order valence-electron chi connectivity index (χ0n) is 17.6. The van der Waals surface area contributed by atoms with E-state index in [-0.39, 0.29) is 17.9 Å². The monoisotopic (exact) mass is 435 g/mol. The number of amides is 3. The third-order valence-electron chi connectivity index (χ3n) is 5.39. The maximum Gasteiger partial charge on any atom is 0.321 e. The number of nitrogens with zero attached hydrogens (tertiary/aromatic N) is 3. The Hall–Kier alpha value is -3.26. The number of piperidine rings is 1. The van der Waals surface area contributed by atoms with Gasteiger partial charge in [0.1, 0.15) is 5.01 Å². The second kappa shape index (κ2) is 9.26. The molecule has 2 heterocycles. The summed E-state index contributed by atoms with van der Waals surface area (Å²) < 4.78 is 0. The molecule has 1 aliphatic heterocycles. The average molecular weight is 436 g/mol. The molecule has 0 spiro atoms. The van der Waals surface area contributed by atoms with E-state index in [4.69, 9.17) is 0 Å². The first-order valence-electron chi connectivity index (χ1n) is 10.3. The number of rotatable bonds is 4. The van der Waals surface area contributed by atoms with Gasteiger partial charge < -0.3 is 15.5 Å². The molecule has 4 rings (SSSR count). The maximum atomic E-state index is 12.7. The quantitative estimate of drug-likeness (QED) is 0.615. The highest BCUT2D eigenvalue weighted by molar-refractivity contribution is 7.13. The van der Waals surface area contributed by atoms with Crippen LogP contribution in [0.15, 0.2) is 48.5 Å². The number of hydrogen-bond acceptors (Lipinski definition) is 5. The number of carbonyl (C=O) groups excluding carboxylic acids is 2. The number of para-hydroxylation sites is 1. The van der Waals surface area contributed by atoms with E-state index < -0.39 is 0 Å². The summed E-state index contributed by atoms with van der Waals surface area (Å²) in [7, 11) is 0. The summed E-state index contributed by atoms with van der Waals surface area (Å²) in [5.74, 6) is -0.183. The number of anilines is 2. The van der Waals surface area contributed by atoms with E-state index in [1.54, 1.807) is 0 Å². The molecule has 3 amide bonds. The van der Waals surface area contributed by atoms with Crippen molar-refractivity contribution in [3.8, 4) is 0 Å². The number of aromatic nitrogens is 2. The van der Waals surface area contributed by atoms with Crippen molar-refractivity contribution in [3.63, 3.8) is 0 Å². The van der Waals surface area contributed by atoms with Crippen molar-refractivity contribution in [1.82, 2.24) is 15.1 Å². The Bertz CT molecular complexity index is 1080. The van der Waals surface area contributed by atoms with Gasteiger partial charge in [0.25, 0.3) is 5.91 Å². The minimum Gasteiger partial charge on any atom is -0.324 e. The van der Waals surface area contributed by atoms with Gasteiger partial charge in [-0.05, 0) is 50.5 Å². The van der Waals surface area contributed by atoms with Gasteiger partial charge in [0.2, 0.25) is 5.01 Å². The van der Waals surface area contributed by atoms with Gasteiger partial charge in [-0.2, -0.15) is 0 Å². The topological polar surface area (TPSA) is 87.2 Å². The van der Waals surface area contributed by atoms with Gasteiger partial charge in [-0.25, -0.2) is 4.79 Å². The second-order valence-corrected chi connectivity index (χ2v) is 8.80. The number of aryl methyl sites for hydroxylation is 2. The van der Waals surface area contributed by atoms with Crippen LogP contribution >= 0.6 is 11.3 Å². The van der Waals surface area contributed by atoms with E-state index in [1.165, 1.54) is 11.3 Å². The summed E-state index contributed by atoms with van der Waals surface area (Å²) in [6.07, 6.45) is 1.80. The molecule has 0 saturated carbocycles. The highest BCUT2D eigenvalue weighted by Crippen LogP contribution is 2.30. The largest absolute Gasteiger partial charge is 0.324 e. The highest BCUT2D eigenvalue weighted by atomic mass is 32.1. The minimum atomic E-state index is -0.261. The lowest BCUT2D eigenvalue weighted by Crippen LogP contribution is -2.41. The SMILES string of the molecule is Cc1ccc(NC(=O)N2CCC[C@H](c3nnc(C(=O)Nc4ccccc4C)s3)C2)cc1. The molecule has 2 aromatic carbocycles. The predicted molar refractivity (Wildman–Crippen MR) is 123 cm³/mol. The van der Waals surface area contributed by atoms with Crippen LogP contribution in [0.4, 0.5) is 16.2 Å². The molecule has 7 nitrogen and oxygen atoms in total. The molecule has 1 fully saturated rings. The van der Waals surface area contributed by atoms with Crippen molar-refractivity contribution in [1.29, 1.82) is 0 Å². The van der Waals surface area contributed by atoms with Crippen LogP contribution in [0.25, 0.3) is 0 Å². The van der Waals surface area contributed by atoms with Crippen LogP contribution in [0.3, 0.4) is 0 Å². The fraction of sp³-hybridized carbons (Fsp3) is 0.304. The van der Waals surface area contributed by atoms with Crippen LogP contribution in [0, 0.1) is 13.8 Å². The van der Waals surface area contributed by atoms with Crippen LogP contribution in [0.5, 0.6) is 0 Å². The van der Waals surface area contributed by atoms with E-state index in [0.29, 0.717) is 18.1 Å². The van der Waals surface area contributed by atoms with Crippen molar-refractivity contribution < 1.29 is 9.59 Å². The Labute approximate surface area is 185 Å². The normalized spacial score (nSPS) is 16.1. The lowest BCUT2D eigenvalue weighted by Gasteiger charge is -2.31. The molecule has 8 heteroatoms. The number of benzene rings is 2. The first-order chi connectivity index (χ1) is 15.0. The van der Waals surface area contributed by atoms with Gasteiger partial charge in [-0.3, -0.25) is 4.79 Å². The zero-order valence-corrected chi connectivity index (χ0v) is 18.4. The summed E-state index contributed by atoms with van der Waals surface area (Å²) in [4.78, 5) is 27.1. The molecule has 2 N–H and O–H groups in total. The van der Waals surface area contributed by atoms with Crippen LogP contribution in [-0.2, 0) is 0 Å². The lowest BCUT2D eigenvalue weighted by molar-refractivity contribution is 0.102. The lowest BCUT2D eigenvalue weighted by atomic mass is 9.99. The Morgan fingerprint density at radius 2 is 1.81 bits per heavy atom. The molecule has 1 aliphatic rings. The molecule has 1 saturated heterocycles. The summed E-state index contributed by atoms with van der Waals surface area (Å²) in [5.41, 5.74) is 3.68. The minimum absolute atomic E-state index is 0.0787. The van der Waals surface area contributed by atoms with Crippen molar-refractivity contribution in [2.75, 3.05) is 23.7 Å². The highest BCUT2D eigenvalue weighted by Gasteiger charge is 2.28. The third-order valence-corrected chi connectivity index (χ3v) is 6.47. The molecule has 0 aliphatic carbocycles. The number of carbonyl (C=O) groups is 2. The Balaban J connectivity index is 1.39. The molecular formula is C23H25N5O2S. The number of urea groups is 1. The van der Waals surface area contributed by atoms with E-state index >= 15 is 0 Å². The van der Waals surface area contributed by atoms with Crippen LogP contribution in [0.2, 0.25) is 0 Å². The molecule has 0 unspecified atom stereocenters. The zero-order chi connectivity index (χ0) is 21.8. The summed E-state index contributed by atoms with van der Waals surface area (Å²) >= 11 is 1.30. The molecule has 31 heavy (non-hydrogen) atoms. The van der Waals surface area contributed by atoms with Gasteiger partial charge in [0.15, 0.2) is 0 Å². The van der Waals surface area contributed by atoms with Gasteiger partial charge in [0, 0.05) is 30.4 Å². The van der Waals surface area contributed by atoms with Gasteiger partial charge in [0.05, 0.1) is 0 Å². The molecule has 1 aromatic heterocycles. The van der Waals surface area contributed by atoms with Crippen LogP contribution in [0.1, 0.15) is 44.7 Å². The molecule has 0 radical (unpaired) electrons. The maximum absolute atomic E-state index is 12.7. The molecule has 1 atom stereocenters. The third kappa shape index (κ3) is 5.08. The fourth-order valence-corrected chi connectivity index (χ4v) is 4.45. The smallest absolute Gasteiger partial charge is 0.321 e.